The van der Waals surface area contributed by atoms with Gasteiger partial charge >= 0.3 is 11.9 Å². The molecule has 1 aromatic heterocycles. The minimum atomic E-state index is -0.674. The lowest BCUT2D eigenvalue weighted by Gasteiger charge is -2.07. The molecule has 1 heterocycles. The Bertz CT molecular complexity index is 697. The highest BCUT2D eigenvalue weighted by molar-refractivity contribution is 6.30. The largest absolute Gasteiger partial charge is 0.462 e. The lowest BCUT2D eigenvalue weighted by Crippen LogP contribution is -2.14. The number of nitrogens with zero attached hydrogens (tertiary/aromatic N) is 1. The average molecular weight is 338 g/mol. The maximum atomic E-state index is 12.1. The molecule has 0 radical (unpaired) electrons. The Balaban J connectivity index is 2.36. The highest BCUT2D eigenvalue weighted by atomic mass is 35.5. The number of esters is 2. The molecule has 0 aliphatic carbocycles. The molecule has 1 aromatic carbocycles. The van der Waals surface area contributed by atoms with Crippen molar-refractivity contribution in [1.82, 2.24) is 10.2 Å². The van der Waals surface area contributed by atoms with Crippen molar-refractivity contribution < 1.29 is 19.1 Å². The summed E-state index contributed by atoms with van der Waals surface area (Å²) in [7, 11) is 0. The first-order valence-corrected chi connectivity index (χ1v) is 7.39. The first-order valence-electron chi connectivity index (χ1n) is 7.02. The van der Waals surface area contributed by atoms with Crippen LogP contribution in [0.2, 0.25) is 5.02 Å². The fourth-order valence-electron chi connectivity index (χ4n) is 1.86. The van der Waals surface area contributed by atoms with E-state index in [1.807, 2.05) is 0 Å². The fourth-order valence-corrected chi connectivity index (χ4v) is 1.98. The highest BCUT2D eigenvalue weighted by Crippen LogP contribution is 2.24. The molecule has 0 bridgehead atoms. The van der Waals surface area contributed by atoms with Crippen LogP contribution in [0.3, 0.4) is 0 Å². The second-order valence-corrected chi connectivity index (χ2v) is 4.83. The molecule has 2 N–H and O–H groups in total. The van der Waals surface area contributed by atoms with Crippen LogP contribution in [0.5, 0.6) is 0 Å². The van der Waals surface area contributed by atoms with Gasteiger partial charge in [0.25, 0.3) is 0 Å². The maximum Gasteiger partial charge on any atom is 0.357 e. The summed E-state index contributed by atoms with van der Waals surface area (Å²) in [5.74, 6) is -1.16. The number of benzene rings is 1. The maximum absolute atomic E-state index is 12.1. The van der Waals surface area contributed by atoms with Crippen molar-refractivity contribution in [3.05, 3.63) is 40.5 Å². The third-order valence-corrected chi connectivity index (χ3v) is 3.08. The Morgan fingerprint density at radius 2 is 1.74 bits per heavy atom. The molecule has 0 atom stereocenters. The van der Waals surface area contributed by atoms with Gasteiger partial charge in [-0.1, -0.05) is 11.6 Å². The second-order valence-electron chi connectivity index (χ2n) is 4.40. The summed E-state index contributed by atoms with van der Waals surface area (Å²) in [6, 6.07) is 6.81. The Morgan fingerprint density at radius 1 is 1.13 bits per heavy atom. The highest BCUT2D eigenvalue weighted by Gasteiger charge is 2.27. The number of halogens is 1. The zero-order valence-electron chi connectivity index (χ0n) is 12.7. The monoisotopic (exact) mass is 337 g/mol. The van der Waals surface area contributed by atoms with Crippen LogP contribution >= 0.6 is 11.6 Å². The predicted molar refractivity (Wildman–Crippen MR) is 85.2 cm³/mol. The van der Waals surface area contributed by atoms with E-state index in [0.29, 0.717) is 10.7 Å². The molecule has 2 aromatic rings. The van der Waals surface area contributed by atoms with E-state index in [-0.39, 0.29) is 30.3 Å². The van der Waals surface area contributed by atoms with Crippen LogP contribution in [0, 0.1) is 0 Å². The minimum Gasteiger partial charge on any atom is -0.462 e. The zero-order chi connectivity index (χ0) is 16.8. The lowest BCUT2D eigenvalue weighted by atomic mass is 10.2. The van der Waals surface area contributed by atoms with Crippen LogP contribution in [0.15, 0.2) is 24.3 Å². The summed E-state index contributed by atoms with van der Waals surface area (Å²) >= 11 is 5.83. The van der Waals surface area contributed by atoms with E-state index in [1.54, 1.807) is 38.1 Å². The van der Waals surface area contributed by atoms with Crippen molar-refractivity contribution in [1.29, 1.82) is 0 Å². The number of hydrogen-bond acceptors (Lipinski definition) is 6. The van der Waals surface area contributed by atoms with Gasteiger partial charge in [-0.25, -0.2) is 9.59 Å². The molecule has 7 nitrogen and oxygen atoms in total. The molecule has 0 fully saturated rings. The van der Waals surface area contributed by atoms with E-state index in [9.17, 15) is 9.59 Å². The number of carbonyl (C=O) groups excluding carboxylic acids is 2. The quantitative estimate of drug-likeness (QED) is 0.786. The van der Waals surface area contributed by atoms with Crippen molar-refractivity contribution in [2.24, 2.45) is 0 Å². The molecule has 0 aliphatic rings. The van der Waals surface area contributed by atoms with Gasteiger partial charge in [-0.2, -0.15) is 5.10 Å². The first-order chi connectivity index (χ1) is 11.1. The van der Waals surface area contributed by atoms with E-state index in [1.165, 1.54) is 0 Å². The van der Waals surface area contributed by atoms with Gasteiger partial charge in [0.2, 0.25) is 0 Å². The SMILES string of the molecule is CCOC(=O)c1[nH]nc(Nc2ccc(Cl)cc2)c1C(=O)OCC. The number of H-pyrrole nitrogens is 1. The van der Waals surface area contributed by atoms with Crippen LogP contribution in [0.1, 0.15) is 34.7 Å². The smallest absolute Gasteiger partial charge is 0.357 e. The molecule has 2 rings (SSSR count). The van der Waals surface area contributed by atoms with Crippen molar-refractivity contribution >= 4 is 35.0 Å². The Morgan fingerprint density at radius 3 is 2.35 bits per heavy atom. The zero-order valence-corrected chi connectivity index (χ0v) is 13.4. The van der Waals surface area contributed by atoms with Gasteiger partial charge in [0.05, 0.1) is 13.2 Å². The van der Waals surface area contributed by atoms with Crippen LogP contribution in [0.4, 0.5) is 11.5 Å². The molecular formula is C15H16ClN3O4. The second kappa shape index (κ2) is 7.64. The molecule has 0 amide bonds. The van der Waals surface area contributed by atoms with Gasteiger partial charge in [0.15, 0.2) is 11.5 Å². The normalized spacial score (nSPS) is 10.2. The summed E-state index contributed by atoms with van der Waals surface area (Å²) in [6.45, 7) is 3.70. The molecule has 0 saturated carbocycles. The summed E-state index contributed by atoms with van der Waals surface area (Å²) in [4.78, 5) is 24.1. The van der Waals surface area contributed by atoms with Crippen LogP contribution < -0.4 is 5.32 Å². The number of rotatable bonds is 6. The fraction of sp³-hybridized carbons (Fsp3) is 0.267. The summed E-state index contributed by atoms with van der Waals surface area (Å²) in [6.07, 6.45) is 0. The molecule has 23 heavy (non-hydrogen) atoms. The molecular weight excluding hydrogens is 322 g/mol. The third kappa shape index (κ3) is 4.01. The molecule has 0 saturated heterocycles. The van der Waals surface area contributed by atoms with Gasteiger partial charge in [-0.15, -0.1) is 0 Å². The third-order valence-electron chi connectivity index (χ3n) is 2.83. The number of ether oxygens (including phenoxy) is 2. The number of carbonyl (C=O) groups is 2. The van der Waals surface area contributed by atoms with E-state index >= 15 is 0 Å². The van der Waals surface area contributed by atoms with Crippen LogP contribution in [-0.4, -0.2) is 35.3 Å². The van der Waals surface area contributed by atoms with E-state index in [2.05, 4.69) is 15.5 Å². The van der Waals surface area contributed by atoms with Crippen molar-refractivity contribution in [3.63, 3.8) is 0 Å². The van der Waals surface area contributed by atoms with Gasteiger partial charge in [0.1, 0.15) is 5.56 Å². The molecule has 122 valence electrons. The Hall–Kier alpha value is -2.54. The Kier molecular flexibility index (Phi) is 5.59. The van der Waals surface area contributed by atoms with E-state index < -0.39 is 11.9 Å². The Labute approximate surface area is 137 Å². The summed E-state index contributed by atoms with van der Waals surface area (Å²) in [5, 5.41) is 10.0. The number of aromatic nitrogens is 2. The predicted octanol–water partition coefficient (Wildman–Crippen LogP) is 3.16. The topological polar surface area (TPSA) is 93.3 Å². The molecule has 0 aliphatic heterocycles. The standard InChI is InChI=1S/C15H16ClN3O4/c1-3-22-14(20)11-12(15(21)23-4-2)18-19-13(11)17-10-7-5-9(16)6-8-10/h5-8H,3-4H2,1-2H3,(H2,17,18,19). The van der Waals surface area contributed by atoms with Crippen LogP contribution in [0.25, 0.3) is 0 Å². The van der Waals surface area contributed by atoms with Gasteiger partial charge in [-0.05, 0) is 38.1 Å². The summed E-state index contributed by atoms with van der Waals surface area (Å²) < 4.78 is 9.90. The van der Waals surface area contributed by atoms with E-state index in [0.717, 1.165) is 0 Å². The molecule has 0 unspecified atom stereocenters. The van der Waals surface area contributed by atoms with Gasteiger partial charge in [-0.3, -0.25) is 5.10 Å². The van der Waals surface area contributed by atoms with E-state index in [4.69, 9.17) is 21.1 Å². The van der Waals surface area contributed by atoms with Crippen molar-refractivity contribution in [2.45, 2.75) is 13.8 Å². The number of anilines is 2. The van der Waals surface area contributed by atoms with Crippen LogP contribution in [-0.2, 0) is 9.47 Å². The summed E-state index contributed by atoms with van der Waals surface area (Å²) in [5.41, 5.74) is 0.601. The number of nitrogens with one attached hydrogen (secondary N) is 2. The lowest BCUT2D eigenvalue weighted by molar-refractivity contribution is 0.0476. The van der Waals surface area contributed by atoms with Gasteiger partial charge in [0, 0.05) is 10.7 Å². The number of aromatic amines is 1. The minimum absolute atomic E-state index is 0.000231. The van der Waals surface area contributed by atoms with Crippen molar-refractivity contribution in [3.8, 4) is 0 Å². The first kappa shape index (κ1) is 16.8. The molecule has 8 heteroatoms. The van der Waals surface area contributed by atoms with Gasteiger partial charge < -0.3 is 14.8 Å². The average Bonchev–Trinajstić information content (AvgIpc) is 2.94. The molecule has 0 spiro atoms. The van der Waals surface area contributed by atoms with Crippen molar-refractivity contribution in [2.75, 3.05) is 18.5 Å². The number of hydrogen-bond donors (Lipinski definition) is 2.